The molecule has 1 rings (SSSR count). The van der Waals surface area contributed by atoms with Crippen LogP contribution in [0.2, 0.25) is 0 Å². The zero-order chi connectivity index (χ0) is 10.6. The van der Waals surface area contributed by atoms with Gasteiger partial charge in [-0.25, -0.2) is 0 Å². The number of rotatable bonds is 5. The Hall–Kier alpha value is -0.370. The molecule has 1 aliphatic heterocycles. The molecule has 0 saturated carbocycles. The fourth-order valence-corrected chi connectivity index (χ4v) is 2.17. The molecule has 0 aromatic rings. The summed E-state index contributed by atoms with van der Waals surface area (Å²) >= 11 is 0. The van der Waals surface area contributed by atoms with E-state index >= 15 is 0 Å². The van der Waals surface area contributed by atoms with Crippen molar-refractivity contribution >= 4 is 5.78 Å². The molecule has 0 spiro atoms. The molecule has 1 fully saturated rings. The summed E-state index contributed by atoms with van der Waals surface area (Å²) in [6, 6.07) is 0. The number of carbonyl (C=O) groups is 1. The zero-order valence-corrected chi connectivity index (χ0v) is 9.73. The monoisotopic (exact) mass is 197 g/mol. The Morgan fingerprint density at radius 1 is 1.50 bits per heavy atom. The van der Waals surface area contributed by atoms with Gasteiger partial charge < -0.3 is 5.32 Å². The molecular formula is C12H23NO. The molecule has 1 saturated heterocycles. The SMILES string of the molecule is CCC1(C(=O)CCC(C)C)CCNC1. The van der Waals surface area contributed by atoms with E-state index in [1.54, 1.807) is 0 Å². The predicted octanol–water partition coefficient (Wildman–Crippen LogP) is 2.38. The molecule has 14 heavy (non-hydrogen) atoms. The summed E-state index contributed by atoms with van der Waals surface area (Å²) in [5, 5.41) is 3.31. The van der Waals surface area contributed by atoms with E-state index < -0.39 is 0 Å². The van der Waals surface area contributed by atoms with E-state index in [0.29, 0.717) is 11.7 Å². The first-order valence-corrected chi connectivity index (χ1v) is 5.85. The van der Waals surface area contributed by atoms with Crippen molar-refractivity contribution in [3.8, 4) is 0 Å². The van der Waals surface area contributed by atoms with Gasteiger partial charge in [0, 0.05) is 18.4 Å². The van der Waals surface area contributed by atoms with E-state index in [9.17, 15) is 4.79 Å². The quantitative estimate of drug-likeness (QED) is 0.733. The number of Topliss-reactive ketones (excluding diaryl/α,β-unsaturated/α-hetero) is 1. The van der Waals surface area contributed by atoms with Gasteiger partial charge in [0.1, 0.15) is 5.78 Å². The van der Waals surface area contributed by atoms with Crippen molar-refractivity contribution in [1.82, 2.24) is 5.32 Å². The van der Waals surface area contributed by atoms with E-state index in [0.717, 1.165) is 38.8 Å². The van der Waals surface area contributed by atoms with Crippen molar-refractivity contribution in [1.29, 1.82) is 0 Å². The number of hydrogen-bond donors (Lipinski definition) is 1. The molecule has 0 aromatic carbocycles. The molecule has 1 atom stereocenters. The van der Waals surface area contributed by atoms with E-state index in [2.05, 4.69) is 26.1 Å². The summed E-state index contributed by atoms with van der Waals surface area (Å²) in [6.07, 6.45) is 3.85. The first-order chi connectivity index (χ1) is 6.60. The van der Waals surface area contributed by atoms with Crippen molar-refractivity contribution in [2.45, 2.75) is 46.5 Å². The second-order valence-corrected chi connectivity index (χ2v) is 4.92. The second-order valence-electron chi connectivity index (χ2n) is 4.92. The predicted molar refractivity (Wildman–Crippen MR) is 59.3 cm³/mol. The third kappa shape index (κ3) is 2.57. The molecular weight excluding hydrogens is 174 g/mol. The van der Waals surface area contributed by atoms with Crippen LogP contribution in [0.15, 0.2) is 0 Å². The van der Waals surface area contributed by atoms with E-state index in [1.165, 1.54) is 0 Å². The standard InChI is InChI=1S/C12H23NO/c1-4-12(7-8-13-9-12)11(14)6-5-10(2)3/h10,13H,4-9H2,1-3H3. The van der Waals surface area contributed by atoms with Crippen molar-refractivity contribution in [2.75, 3.05) is 13.1 Å². The highest BCUT2D eigenvalue weighted by atomic mass is 16.1. The van der Waals surface area contributed by atoms with Gasteiger partial charge in [0.05, 0.1) is 0 Å². The fourth-order valence-electron chi connectivity index (χ4n) is 2.17. The Labute approximate surface area is 87.5 Å². The molecule has 1 unspecified atom stereocenters. The average molecular weight is 197 g/mol. The van der Waals surface area contributed by atoms with Crippen LogP contribution in [0.3, 0.4) is 0 Å². The van der Waals surface area contributed by atoms with E-state index in [-0.39, 0.29) is 5.41 Å². The molecule has 0 amide bonds. The van der Waals surface area contributed by atoms with Crippen LogP contribution < -0.4 is 5.32 Å². The lowest BCUT2D eigenvalue weighted by Gasteiger charge is -2.25. The Kier molecular flexibility index (Phi) is 4.11. The van der Waals surface area contributed by atoms with Gasteiger partial charge in [-0.15, -0.1) is 0 Å². The Morgan fingerprint density at radius 2 is 2.21 bits per heavy atom. The topological polar surface area (TPSA) is 29.1 Å². The zero-order valence-electron chi connectivity index (χ0n) is 9.73. The summed E-state index contributed by atoms with van der Waals surface area (Å²) < 4.78 is 0. The average Bonchev–Trinajstić information content (AvgIpc) is 2.63. The molecule has 82 valence electrons. The van der Waals surface area contributed by atoms with Gasteiger partial charge in [0.25, 0.3) is 0 Å². The van der Waals surface area contributed by atoms with Gasteiger partial charge in [-0.05, 0) is 31.7 Å². The molecule has 1 aliphatic rings. The largest absolute Gasteiger partial charge is 0.316 e. The Balaban J connectivity index is 2.48. The van der Waals surface area contributed by atoms with Crippen molar-refractivity contribution in [3.05, 3.63) is 0 Å². The minimum atomic E-state index is -0.0190. The molecule has 2 heteroatoms. The van der Waals surface area contributed by atoms with Crippen LogP contribution in [0.25, 0.3) is 0 Å². The summed E-state index contributed by atoms with van der Waals surface area (Å²) in [7, 11) is 0. The highest BCUT2D eigenvalue weighted by Gasteiger charge is 2.38. The van der Waals surface area contributed by atoms with Gasteiger partial charge in [0.2, 0.25) is 0 Å². The van der Waals surface area contributed by atoms with Crippen LogP contribution in [0.4, 0.5) is 0 Å². The third-order valence-corrected chi connectivity index (χ3v) is 3.46. The van der Waals surface area contributed by atoms with Gasteiger partial charge in [-0.2, -0.15) is 0 Å². The van der Waals surface area contributed by atoms with Crippen LogP contribution in [-0.2, 0) is 4.79 Å². The molecule has 1 N–H and O–H groups in total. The van der Waals surface area contributed by atoms with Gasteiger partial charge >= 0.3 is 0 Å². The highest BCUT2D eigenvalue weighted by molar-refractivity contribution is 5.85. The van der Waals surface area contributed by atoms with Crippen molar-refractivity contribution in [3.63, 3.8) is 0 Å². The maximum absolute atomic E-state index is 12.1. The highest BCUT2D eigenvalue weighted by Crippen LogP contribution is 2.32. The molecule has 2 nitrogen and oxygen atoms in total. The van der Waals surface area contributed by atoms with Crippen LogP contribution in [-0.4, -0.2) is 18.9 Å². The van der Waals surface area contributed by atoms with Crippen LogP contribution in [0, 0.1) is 11.3 Å². The summed E-state index contributed by atoms with van der Waals surface area (Å²) in [5.74, 6) is 1.13. The van der Waals surface area contributed by atoms with Gasteiger partial charge in [-0.1, -0.05) is 20.8 Å². The molecule has 0 bridgehead atoms. The van der Waals surface area contributed by atoms with Crippen LogP contribution in [0.5, 0.6) is 0 Å². The third-order valence-electron chi connectivity index (χ3n) is 3.46. The maximum atomic E-state index is 12.1. The summed E-state index contributed by atoms with van der Waals surface area (Å²) in [6.45, 7) is 8.42. The van der Waals surface area contributed by atoms with Crippen molar-refractivity contribution < 1.29 is 4.79 Å². The Morgan fingerprint density at radius 3 is 2.64 bits per heavy atom. The molecule has 0 aliphatic carbocycles. The number of ketones is 1. The lowest BCUT2D eigenvalue weighted by molar-refractivity contribution is -0.128. The minimum Gasteiger partial charge on any atom is -0.316 e. The first kappa shape index (κ1) is 11.7. The van der Waals surface area contributed by atoms with Gasteiger partial charge in [-0.3, -0.25) is 4.79 Å². The normalized spacial score (nSPS) is 27.1. The smallest absolute Gasteiger partial charge is 0.140 e. The molecule has 0 aromatic heterocycles. The van der Waals surface area contributed by atoms with Crippen LogP contribution >= 0.6 is 0 Å². The van der Waals surface area contributed by atoms with Crippen LogP contribution in [0.1, 0.15) is 46.5 Å². The maximum Gasteiger partial charge on any atom is 0.140 e. The van der Waals surface area contributed by atoms with Crippen molar-refractivity contribution in [2.24, 2.45) is 11.3 Å². The number of hydrogen-bond acceptors (Lipinski definition) is 2. The van der Waals surface area contributed by atoms with Gasteiger partial charge in [0.15, 0.2) is 0 Å². The number of nitrogens with one attached hydrogen (secondary N) is 1. The lowest BCUT2D eigenvalue weighted by Crippen LogP contribution is -2.32. The Bertz CT molecular complexity index is 192. The summed E-state index contributed by atoms with van der Waals surface area (Å²) in [5.41, 5.74) is -0.0190. The lowest BCUT2D eigenvalue weighted by atomic mass is 9.78. The second kappa shape index (κ2) is 4.92. The summed E-state index contributed by atoms with van der Waals surface area (Å²) in [4.78, 5) is 12.1. The number of carbonyl (C=O) groups excluding carboxylic acids is 1. The molecule has 0 radical (unpaired) electrons. The first-order valence-electron chi connectivity index (χ1n) is 5.85. The minimum absolute atomic E-state index is 0.0190. The molecule has 1 heterocycles. The van der Waals surface area contributed by atoms with E-state index in [4.69, 9.17) is 0 Å². The van der Waals surface area contributed by atoms with E-state index in [1.807, 2.05) is 0 Å². The fraction of sp³-hybridized carbons (Fsp3) is 0.917.